The molecule has 1 heterocycles. The van der Waals surface area contributed by atoms with E-state index in [0.717, 1.165) is 30.3 Å². The predicted molar refractivity (Wildman–Crippen MR) is 107 cm³/mol. The third kappa shape index (κ3) is 3.10. The molecule has 0 radical (unpaired) electrons. The van der Waals surface area contributed by atoms with Crippen molar-refractivity contribution in [3.8, 4) is 17.5 Å². The Bertz CT molecular complexity index is 1040. The summed E-state index contributed by atoms with van der Waals surface area (Å²) in [4.78, 5) is 7.30. The Labute approximate surface area is 165 Å². The van der Waals surface area contributed by atoms with E-state index in [4.69, 9.17) is 10.4 Å². The summed E-state index contributed by atoms with van der Waals surface area (Å²) in [5.74, 6) is 1.65. The molecule has 5 heteroatoms. The van der Waals surface area contributed by atoms with Gasteiger partial charge in [0, 0.05) is 17.6 Å². The number of fused-ring (bicyclic) bond motifs is 1. The average Bonchev–Trinajstić information content (AvgIpc) is 3.38. The number of nitrogens with zero attached hydrogens (tertiary/aromatic N) is 5. The van der Waals surface area contributed by atoms with Gasteiger partial charge in [-0.25, -0.2) is 9.67 Å². The summed E-state index contributed by atoms with van der Waals surface area (Å²) >= 11 is 0. The molecule has 140 valence electrons. The SMILES string of the molecule is Cc1nc(-c2ccc(C#N)cc2)n(CN(C2CC2)[C@@H]2CCc3ccccc32)n1. The van der Waals surface area contributed by atoms with Gasteiger partial charge >= 0.3 is 0 Å². The molecule has 0 spiro atoms. The highest BCUT2D eigenvalue weighted by molar-refractivity contribution is 5.56. The Morgan fingerprint density at radius 3 is 2.64 bits per heavy atom. The van der Waals surface area contributed by atoms with Crippen LogP contribution in [0.15, 0.2) is 48.5 Å². The molecule has 1 fully saturated rings. The molecule has 0 N–H and O–H groups in total. The van der Waals surface area contributed by atoms with Gasteiger partial charge in [0.2, 0.25) is 0 Å². The number of rotatable bonds is 5. The molecule has 0 amide bonds. The summed E-state index contributed by atoms with van der Waals surface area (Å²) in [6, 6.07) is 19.7. The van der Waals surface area contributed by atoms with Crippen LogP contribution < -0.4 is 0 Å². The van der Waals surface area contributed by atoms with E-state index in [1.807, 2.05) is 35.9 Å². The molecule has 3 aromatic rings. The van der Waals surface area contributed by atoms with Crippen molar-refractivity contribution in [2.24, 2.45) is 0 Å². The summed E-state index contributed by atoms with van der Waals surface area (Å²) in [5.41, 5.74) is 4.63. The monoisotopic (exact) mass is 369 g/mol. The highest BCUT2D eigenvalue weighted by Gasteiger charge is 2.38. The molecule has 2 aromatic carbocycles. The van der Waals surface area contributed by atoms with E-state index in [2.05, 4.69) is 40.2 Å². The van der Waals surface area contributed by atoms with Crippen molar-refractivity contribution in [3.05, 3.63) is 71.0 Å². The number of aryl methyl sites for hydroxylation is 2. The van der Waals surface area contributed by atoms with Crippen molar-refractivity contribution in [2.75, 3.05) is 0 Å². The van der Waals surface area contributed by atoms with Gasteiger partial charge in [-0.3, -0.25) is 4.90 Å². The standard InChI is InChI=1S/C23H23N5/c1-16-25-23(19-8-6-17(14-24)7-9-19)28(26-16)15-27(20-11-12-20)22-13-10-18-4-2-3-5-21(18)22/h2-9,20,22H,10-13,15H2,1H3/t22-/m1/s1. The van der Waals surface area contributed by atoms with Gasteiger partial charge in [-0.15, -0.1) is 0 Å². The largest absolute Gasteiger partial charge is 0.274 e. The Morgan fingerprint density at radius 2 is 1.89 bits per heavy atom. The van der Waals surface area contributed by atoms with Crippen molar-refractivity contribution in [1.82, 2.24) is 19.7 Å². The van der Waals surface area contributed by atoms with Gasteiger partial charge in [0.15, 0.2) is 5.82 Å². The summed E-state index contributed by atoms with van der Waals surface area (Å²) in [6.07, 6.45) is 4.86. The van der Waals surface area contributed by atoms with Crippen LogP contribution in [0.25, 0.3) is 11.4 Å². The van der Waals surface area contributed by atoms with Crippen LogP contribution in [-0.2, 0) is 13.1 Å². The van der Waals surface area contributed by atoms with E-state index < -0.39 is 0 Å². The molecule has 1 aromatic heterocycles. The number of hydrogen-bond acceptors (Lipinski definition) is 4. The molecule has 0 saturated heterocycles. The van der Waals surface area contributed by atoms with Crippen molar-refractivity contribution in [3.63, 3.8) is 0 Å². The van der Waals surface area contributed by atoms with E-state index in [-0.39, 0.29) is 0 Å². The van der Waals surface area contributed by atoms with Crippen molar-refractivity contribution < 1.29 is 0 Å². The maximum absolute atomic E-state index is 9.06. The molecule has 2 aliphatic carbocycles. The van der Waals surface area contributed by atoms with Gasteiger partial charge < -0.3 is 0 Å². The lowest BCUT2D eigenvalue weighted by Gasteiger charge is -2.30. The fourth-order valence-corrected chi connectivity index (χ4v) is 4.37. The van der Waals surface area contributed by atoms with E-state index in [9.17, 15) is 0 Å². The minimum atomic E-state index is 0.460. The first-order valence-corrected chi connectivity index (χ1v) is 9.98. The normalized spacial score (nSPS) is 18.2. The van der Waals surface area contributed by atoms with Gasteiger partial charge in [-0.1, -0.05) is 24.3 Å². The lowest BCUT2D eigenvalue weighted by atomic mass is 10.1. The average molecular weight is 369 g/mol. The highest BCUT2D eigenvalue weighted by Crippen LogP contribution is 2.42. The number of hydrogen-bond donors (Lipinski definition) is 0. The molecule has 28 heavy (non-hydrogen) atoms. The van der Waals surface area contributed by atoms with Crippen LogP contribution in [0.3, 0.4) is 0 Å². The molecule has 1 atom stereocenters. The van der Waals surface area contributed by atoms with Crippen LogP contribution in [0.5, 0.6) is 0 Å². The minimum absolute atomic E-state index is 0.460. The zero-order valence-electron chi connectivity index (χ0n) is 16.0. The number of aromatic nitrogens is 3. The van der Waals surface area contributed by atoms with Gasteiger partial charge in [0.25, 0.3) is 0 Å². The van der Waals surface area contributed by atoms with Crippen LogP contribution in [0, 0.1) is 18.3 Å². The molecule has 5 rings (SSSR count). The lowest BCUT2D eigenvalue weighted by molar-refractivity contribution is 0.133. The molecular formula is C23H23N5. The number of nitriles is 1. The minimum Gasteiger partial charge on any atom is -0.274 e. The molecular weight excluding hydrogens is 346 g/mol. The first-order chi connectivity index (χ1) is 13.7. The first kappa shape index (κ1) is 17.2. The van der Waals surface area contributed by atoms with Crippen molar-refractivity contribution in [2.45, 2.75) is 51.4 Å². The van der Waals surface area contributed by atoms with Crippen LogP contribution in [-0.4, -0.2) is 25.7 Å². The van der Waals surface area contributed by atoms with Crippen LogP contribution >= 0.6 is 0 Å². The van der Waals surface area contributed by atoms with Gasteiger partial charge in [-0.2, -0.15) is 10.4 Å². The third-order valence-corrected chi connectivity index (χ3v) is 5.86. The van der Waals surface area contributed by atoms with Crippen LogP contribution in [0.1, 0.15) is 47.8 Å². The zero-order chi connectivity index (χ0) is 19.1. The first-order valence-electron chi connectivity index (χ1n) is 9.98. The fraction of sp³-hybridized carbons (Fsp3) is 0.348. The predicted octanol–water partition coefficient (Wildman–Crippen LogP) is 4.23. The number of benzene rings is 2. The highest BCUT2D eigenvalue weighted by atomic mass is 15.4. The van der Waals surface area contributed by atoms with Crippen LogP contribution in [0.4, 0.5) is 0 Å². The summed E-state index contributed by atoms with van der Waals surface area (Å²) in [7, 11) is 0. The molecule has 0 aliphatic heterocycles. The Morgan fingerprint density at radius 1 is 1.11 bits per heavy atom. The molecule has 5 nitrogen and oxygen atoms in total. The Balaban J connectivity index is 1.47. The summed E-state index contributed by atoms with van der Waals surface area (Å²) < 4.78 is 2.04. The van der Waals surface area contributed by atoms with Gasteiger partial charge in [-0.05, 0) is 68.0 Å². The Kier molecular flexibility index (Phi) is 4.22. The van der Waals surface area contributed by atoms with Crippen molar-refractivity contribution in [1.29, 1.82) is 5.26 Å². The summed E-state index contributed by atoms with van der Waals surface area (Å²) in [5, 5.41) is 13.8. The smallest absolute Gasteiger partial charge is 0.159 e. The molecule has 0 unspecified atom stereocenters. The van der Waals surface area contributed by atoms with E-state index in [1.165, 1.54) is 30.4 Å². The fourth-order valence-electron chi connectivity index (χ4n) is 4.37. The Hall–Kier alpha value is -2.97. The summed E-state index contributed by atoms with van der Waals surface area (Å²) in [6.45, 7) is 2.69. The van der Waals surface area contributed by atoms with E-state index >= 15 is 0 Å². The van der Waals surface area contributed by atoms with E-state index in [1.54, 1.807) is 0 Å². The van der Waals surface area contributed by atoms with Gasteiger partial charge in [0.05, 0.1) is 18.3 Å². The topological polar surface area (TPSA) is 57.7 Å². The molecule has 0 bridgehead atoms. The zero-order valence-corrected chi connectivity index (χ0v) is 16.0. The second-order valence-electron chi connectivity index (χ2n) is 7.81. The second-order valence-corrected chi connectivity index (χ2v) is 7.81. The third-order valence-electron chi connectivity index (χ3n) is 5.86. The van der Waals surface area contributed by atoms with Crippen LogP contribution in [0.2, 0.25) is 0 Å². The van der Waals surface area contributed by atoms with E-state index in [0.29, 0.717) is 17.6 Å². The molecule has 1 saturated carbocycles. The lowest BCUT2D eigenvalue weighted by Crippen LogP contribution is -2.32. The molecule has 2 aliphatic rings. The van der Waals surface area contributed by atoms with Crippen molar-refractivity contribution >= 4 is 0 Å². The quantitative estimate of drug-likeness (QED) is 0.675. The second kappa shape index (κ2) is 6.88. The maximum Gasteiger partial charge on any atom is 0.159 e. The maximum atomic E-state index is 9.06. The van der Waals surface area contributed by atoms with Gasteiger partial charge in [0.1, 0.15) is 5.82 Å².